The summed E-state index contributed by atoms with van der Waals surface area (Å²) in [5, 5.41) is 13.7. The highest BCUT2D eigenvalue weighted by atomic mass is 35.5. The third-order valence-electron chi connectivity index (χ3n) is 1.05. The molecule has 0 bridgehead atoms. The van der Waals surface area contributed by atoms with E-state index in [4.69, 9.17) is 5.11 Å². The second kappa shape index (κ2) is 3.71. The highest BCUT2D eigenvalue weighted by molar-refractivity contribution is 7.89. The van der Waals surface area contributed by atoms with E-state index in [1.165, 1.54) is 0 Å². The molecule has 0 aromatic carbocycles. The molecule has 3 N–H and O–H groups in total. The number of rotatable bonds is 1. The van der Waals surface area contributed by atoms with Crippen molar-refractivity contribution in [2.24, 2.45) is 10.6 Å². The van der Waals surface area contributed by atoms with Gasteiger partial charge >= 0.3 is 0 Å². The number of primary sulfonamides is 1. The number of halogens is 1. The zero-order valence-corrected chi connectivity index (χ0v) is 8.37. The Morgan fingerprint density at radius 1 is 1.36 bits per heavy atom. The summed E-state index contributed by atoms with van der Waals surface area (Å²) in [5.74, 6) is 0. The van der Waals surface area contributed by atoms with Crippen molar-refractivity contribution in [1.82, 2.24) is 0 Å². The fraction of sp³-hybridized carbons (Fsp3) is 1.00. The molecule has 0 aliphatic carbocycles. The minimum Gasteiger partial charge on any atom is -0.375 e. The number of hydrogen-bond acceptors (Lipinski definition) is 3. The molecule has 0 radical (unpaired) electrons. The molecule has 0 aliphatic heterocycles. The summed E-state index contributed by atoms with van der Waals surface area (Å²) < 4.78 is 21.0. The SMILES string of the molecule is CC(C)(C)C(O)S(N)(=O)=O.Cl. The molecule has 1 atom stereocenters. The summed E-state index contributed by atoms with van der Waals surface area (Å²) in [7, 11) is -3.80. The van der Waals surface area contributed by atoms with Crippen molar-refractivity contribution in [1.29, 1.82) is 0 Å². The van der Waals surface area contributed by atoms with Crippen LogP contribution in [-0.4, -0.2) is 19.0 Å². The maximum atomic E-state index is 10.5. The Balaban J connectivity index is 0. The van der Waals surface area contributed by atoms with Crippen LogP contribution in [0.1, 0.15) is 20.8 Å². The lowest BCUT2D eigenvalue weighted by Crippen LogP contribution is -2.38. The van der Waals surface area contributed by atoms with Crippen LogP contribution in [0.4, 0.5) is 0 Å². The third kappa shape index (κ3) is 4.58. The van der Waals surface area contributed by atoms with Gasteiger partial charge in [-0.15, -0.1) is 12.4 Å². The molecular formula is C5H14ClNO3S. The Hall–Kier alpha value is 0.160. The molecule has 0 amide bonds. The van der Waals surface area contributed by atoms with Crippen molar-refractivity contribution in [2.75, 3.05) is 0 Å². The zero-order valence-electron chi connectivity index (χ0n) is 6.73. The predicted molar refractivity (Wildman–Crippen MR) is 45.8 cm³/mol. The first-order valence-electron chi connectivity index (χ1n) is 2.85. The summed E-state index contributed by atoms with van der Waals surface area (Å²) in [6.07, 6.45) is 0. The van der Waals surface area contributed by atoms with Gasteiger partial charge in [-0.3, -0.25) is 0 Å². The van der Waals surface area contributed by atoms with Gasteiger partial charge in [-0.2, -0.15) is 0 Å². The minimum absolute atomic E-state index is 0. The van der Waals surface area contributed by atoms with Crippen LogP contribution in [0.15, 0.2) is 0 Å². The number of nitrogens with two attached hydrogens (primary N) is 1. The fourth-order valence-electron chi connectivity index (χ4n) is 0.493. The molecule has 0 heterocycles. The van der Waals surface area contributed by atoms with Gasteiger partial charge in [0.05, 0.1) is 0 Å². The number of aliphatic hydroxyl groups is 1. The average molecular weight is 204 g/mol. The van der Waals surface area contributed by atoms with Gasteiger partial charge in [-0.05, 0) is 0 Å². The molecule has 0 aliphatic rings. The van der Waals surface area contributed by atoms with Crippen molar-refractivity contribution < 1.29 is 13.5 Å². The van der Waals surface area contributed by atoms with Crippen molar-refractivity contribution >= 4 is 22.4 Å². The fourth-order valence-corrected chi connectivity index (χ4v) is 1.48. The number of sulfonamides is 1. The van der Waals surface area contributed by atoms with Crippen molar-refractivity contribution in [3.63, 3.8) is 0 Å². The van der Waals surface area contributed by atoms with Gasteiger partial charge in [-0.25, -0.2) is 13.6 Å². The molecule has 6 heteroatoms. The van der Waals surface area contributed by atoms with E-state index in [-0.39, 0.29) is 12.4 Å². The van der Waals surface area contributed by atoms with Crippen LogP contribution in [-0.2, 0) is 10.0 Å². The topological polar surface area (TPSA) is 80.4 Å². The highest BCUT2D eigenvalue weighted by Gasteiger charge is 2.31. The van der Waals surface area contributed by atoms with Crippen LogP contribution in [0.25, 0.3) is 0 Å². The summed E-state index contributed by atoms with van der Waals surface area (Å²) in [6, 6.07) is 0. The van der Waals surface area contributed by atoms with Crippen LogP contribution in [0.5, 0.6) is 0 Å². The van der Waals surface area contributed by atoms with Gasteiger partial charge in [0.25, 0.3) is 0 Å². The largest absolute Gasteiger partial charge is 0.375 e. The molecule has 0 fully saturated rings. The Labute approximate surface area is 73.2 Å². The van der Waals surface area contributed by atoms with Crippen LogP contribution in [0, 0.1) is 5.41 Å². The molecule has 4 nitrogen and oxygen atoms in total. The standard InChI is InChI=1S/C5H13NO3S.ClH/c1-5(2,3)4(7)10(6,8)9;/h4,7H,1-3H3,(H2,6,8,9);1H. The lowest BCUT2D eigenvalue weighted by Gasteiger charge is -2.23. The molecule has 0 aromatic heterocycles. The van der Waals surface area contributed by atoms with Gasteiger partial charge in [0.1, 0.15) is 0 Å². The van der Waals surface area contributed by atoms with Crippen molar-refractivity contribution in [2.45, 2.75) is 26.2 Å². The van der Waals surface area contributed by atoms with E-state index < -0.39 is 20.9 Å². The quantitative estimate of drug-likeness (QED) is 0.633. The van der Waals surface area contributed by atoms with E-state index in [0.717, 1.165) is 0 Å². The monoisotopic (exact) mass is 203 g/mol. The second-order valence-corrected chi connectivity index (χ2v) is 4.93. The maximum absolute atomic E-state index is 10.5. The van der Waals surface area contributed by atoms with Crippen LogP contribution >= 0.6 is 12.4 Å². The van der Waals surface area contributed by atoms with E-state index in [2.05, 4.69) is 5.14 Å². The van der Waals surface area contributed by atoms with Gasteiger partial charge < -0.3 is 5.11 Å². The maximum Gasteiger partial charge on any atom is 0.236 e. The summed E-state index contributed by atoms with van der Waals surface area (Å²) in [5.41, 5.74) is -2.20. The minimum atomic E-state index is -3.80. The molecule has 0 saturated heterocycles. The van der Waals surface area contributed by atoms with E-state index >= 15 is 0 Å². The van der Waals surface area contributed by atoms with E-state index in [9.17, 15) is 8.42 Å². The third-order valence-corrected chi connectivity index (χ3v) is 2.38. The average Bonchev–Trinajstić information content (AvgIpc) is 1.59. The number of aliphatic hydroxyl groups excluding tert-OH is 1. The highest BCUT2D eigenvalue weighted by Crippen LogP contribution is 2.21. The molecule has 70 valence electrons. The Morgan fingerprint density at radius 3 is 1.64 bits per heavy atom. The number of hydrogen-bond donors (Lipinski definition) is 2. The van der Waals surface area contributed by atoms with Crippen LogP contribution < -0.4 is 5.14 Å². The van der Waals surface area contributed by atoms with E-state index in [0.29, 0.717) is 0 Å². The smallest absolute Gasteiger partial charge is 0.236 e. The molecule has 1 unspecified atom stereocenters. The van der Waals surface area contributed by atoms with Gasteiger partial charge in [0, 0.05) is 5.41 Å². The zero-order chi connectivity index (χ0) is 8.58. The lowest BCUT2D eigenvalue weighted by molar-refractivity contribution is 0.132. The van der Waals surface area contributed by atoms with Gasteiger partial charge in [-0.1, -0.05) is 20.8 Å². The van der Waals surface area contributed by atoms with Crippen LogP contribution in [0.2, 0.25) is 0 Å². The van der Waals surface area contributed by atoms with Gasteiger partial charge in [0.15, 0.2) is 5.44 Å². The first kappa shape index (κ1) is 13.7. The molecule has 0 spiro atoms. The van der Waals surface area contributed by atoms with E-state index in [1.54, 1.807) is 20.8 Å². The van der Waals surface area contributed by atoms with Crippen LogP contribution in [0.3, 0.4) is 0 Å². The predicted octanol–water partition coefficient (Wildman–Crippen LogP) is 0.0612. The molecule has 0 rings (SSSR count). The van der Waals surface area contributed by atoms with Crippen molar-refractivity contribution in [3.8, 4) is 0 Å². The molecule has 0 aromatic rings. The summed E-state index contributed by atoms with van der Waals surface area (Å²) in [4.78, 5) is 0. The second-order valence-electron chi connectivity index (χ2n) is 3.31. The molecular weight excluding hydrogens is 190 g/mol. The lowest BCUT2D eigenvalue weighted by atomic mass is 9.98. The molecule has 0 saturated carbocycles. The van der Waals surface area contributed by atoms with Crippen molar-refractivity contribution in [3.05, 3.63) is 0 Å². The summed E-state index contributed by atoms with van der Waals surface area (Å²) >= 11 is 0. The normalized spacial score (nSPS) is 15.4. The first-order chi connectivity index (χ1) is 4.15. The summed E-state index contributed by atoms with van der Waals surface area (Å²) in [6.45, 7) is 4.80. The first-order valence-corrected chi connectivity index (χ1v) is 4.46. The van der Waals surface area contributed by atoms with Gasteiger partial charge in [0.2, 0.25) is 10.0 Å². The Kier molecular flexibility index (Phi) is 4.63. The molecule has 11 heavy (non-hydrogen) atoms. The Bertz CT molecular complexity index is 206. The Morgan fingerprint density at radius 2 is 1.64 bits per heavy atom. The van der Waals surface area contributed by atoms with E-state index in [1.807, 2.05) is 0 Å².